The number of nitrogens with one attached hydrogen (secondary N) is 2. The highest BCUT2D eigenvalue weighted by Gasteiger charge is 2.48. The molecule has 4 bridgehead atoms. The topological polar surface area (TPSA) is 105 Å². The second-order valence-corrected chi connectivity index (χ2v) is 9.00. The molecule has 0 heterocycles. The van der Waals surface area contributed by atoms with Crippen LogP contribution in [-0.2, 0) is 14.3 Å². The van der Waals surface area contributed by atoms with Crippen molar-refractivity contribution in [3.8, 4) is 0 Å². The van der Waals surface area contributed by atoms with Crippen LogP contribution in [0, 0.1) is 23.7 Å². The van der Waals surface area contributed by atoms with Gasteiger partial charge in [-0.3, -0.25) is 9.59 Å². The second-order valence-electron chi connectivity index (χ2n) is 8.56. The first-order chi connectivity index (χ1) is 13.9. The molecule has 4 saturated carbocycles. The Bertz CT molecular complexity index is 799. The minimum Gasteiger partial charge on any atom is -0.478 e. The van der Waals surface area contributed by atoms with E-state index in [9.17, 15) is 19.5 Å². The van der Waals surface area contributed by atoms with Crippen LogP contribution in [0.15, 0.2) is 18.2 Å². The number of aromatic carboxylic acids is 1. The Labute approximate surface area is 174 Å². The van der Waals surface area contributed by atoms with E-state index in [1.165, 1.54) is 50.3 Å². The van der Waals surface area contributed by atoms with Gasteiger partial charge < -0.3 is 20.5 Å². The molecular weight excluding hydrogens is 396 g/mol. The fourth-order valence-electron chi connectivity index (χ4n) is 5.61. The number of carboxylic acid groups (broad SMARTS) is 1. The number of carboxylic acids is 1. The van der Waals surface area contributed by atoms with Crippen LogP contribution in [0.1, 0.15) is 42.5 Å². The van der Waals surface area contributed by atoms with Crippen LogP contribution in [0.4, 0.5) is 5.69 Å². The number of carbonyl (C=O) groups is 3. The summed E-state index contributed by atoms with van der Waals surface area (Å²) in [4.78, 5) is 35.6. The first-order valence-corrected chi connectivity index (χ1v) is 10.5. The molecule has 0 aromatic heterocycles. The number of halogens is 1. The summed E-state index contributed by atoms with van der Waals surface area (Å²) in [7, 11) is 0. The van der Waals surface area contributed by atoms with Gasteiger partial charge in [0.2, 0.25) is 11.8 Å². The molecule has 0 aliphatic heterocycles. The van der Waals surface area contributed by atoms with E-state index in [-0.39, 0.29) is 41.4 Å². The number of carbonyl (C=O) groups excluding carboxylic acids is 2. The van der Waals surface area contributed by atoms with E-state index in [0.717, 1.165) is 11.8 Å². The molecule has 7 nitrogen and oxygen atoms in total. The molecule has 4 fully saturated rings. The van der Waals surface area contributed by atoms with Crippen LogP contribution >= 0.6 is 11.6 Å². The summed E-state index contributed by atoms with van der Waals surface area (Å²) in [5.41, 5.74) is 0.0269. The Kier molecular flexibility index (Phi) is 5.79. The Balaban J connectivity index is 1.23. The van der Waals surface area contributed by atoms with Crippen LogP contribution in [0.3, 0.4) is 0 Å². The molecule has 0 saturated heterocycles. The van der Waals surface area contributed by atoms with Gasteiger partial charge >= 0.3 is 5.97 Å². The lowest BCUT2D eigenvalue weighted by atomic mass is 9.54. The summed E-state index contributed by atoms with van der Waals surface area (Å²) in [6.45, 7) is -0.528. The van der Waals surface area contributed by atoms with E-state index in [0.29, 0.717) is 11.8 Å². The molecule has 2 amide bonds. The van der Waals surface area contributed by atoms with Crippen molar-refractivity contribution in [2.45, 2.75) is 38.1 Å². The van der Waals surface area contributed by atoms with Crippen LogP contribution in [0.2, 0.25) is 5.02 Å². The zero-order chi connectivity index (χ0) is 20.5. The molecule has 156 valence electrons. The maximum atomic E-state index is 12.3. The van der Waals surface area contributed by atoms with Crippen molar-refractivity contribution in [3.63, 3.8) is 0 Å². The van der Waals surface area contributed by atoms with Gasteiger partial charge in [0.1, 0.15) is 13.2 Å². The van der Waals surface area contributed by atoms with Crippen LogP contribution in [-0.4, -0.2) is 42.1 Å². The molecule has 1 aromatic carbocycles. The number of amides is 2. The lowest BCUT2D eigenvalue weighted by molar-refractivity contribution is -0.131. The predicted octanol–water partition coefficient (Wildman–Crippen LogP) is 2.93. The van der Waals surface area contributed by atoms with Gasteiger partial charge in [0.05, 0.1) is 11.3 Å². The smallest absolute Gasteiger partial charge is 0.337 e. The summed E-state index contributed by atoms with van der Waals surface area (Å²) >= 11 is 5.80. The molecule has 4 aliphatic carbocycles. The van der Waals surface area contributed by atoms with Crippen molar-refractivity contribution in [2.24, 2.45) is 23.7 Å². The Morgan fingerprint density at radius 2 is 1.62 bits per heavy atom. The zero-order valence-corrected chi connectivity index (χ0v) is 16.8. The minimum atomic E-state index is -1.20. The van der Waals surface area contributed by atoms with E-state index in [1.54, 1.807) is 0 Å². The van der Waals surface area contributed by atoms with E-state index in [1.807, 2.05) is 0 Å². The maximum Gasteiger partial charge on any atom is 0.337 e. The van der Waals surface area contributed by atoms with Gasteiger partial charge in [0.25, 0.3) is 0 Å². The molecule has 4 aliphatic rings. The van der Waals surface area contributed by atoms with E-state index in [4.69, 9.17) is 16.3 Å². The fourth-order valence-corrected chi connectivity index (χ4v) is 5.79. The van der Waals surface area contributed by atoms with Crippen molar-refractivity contribution in [1.82, 2.24) is 5.32 Å². The largest absolute Gasteiger partial charge is 0.478 e. The highest BCUT2D eigenvalue weighted by molar-refractivity contribution is 6.31. The predicted molar refractivity (Wildman–Crippen MR) is 107 cm³/mol. The van der Waals surface area contributed by atoms with E-state index < -0.39 is 11.9 Å². The van der Waals surface area contributed by atoms with Gasteiger partial charge in [-0.05, 0) is 74.0 Å². The summed E-state index contributed by atoms with van der Waals surface area (Å²) < 4.78 is 5.25. The lowest BCUT2D eigenvalue weighted by Gasteiger charge is -2.54. The normalized spacial score (nSPS) is 29.5. The summed E-state index contributed by atoms with van der Waals surface area (Å²) in [5, 5.41) is 15.1. The molecule has 0 spiro atoms. The SMILES string of the molecule is O=C(COCC(=O)NC1C2CC3CC(C2)CC1C3)Nc1ccc(Cl)cc1C(=O)O. The van der Waals surface area contributed by atoms with Crippen molar-refractivity contribution in [3.05, 3.63) is 28.8 Å². The second kappa shape index (κ2) is 8.32. The quantitative estimate of drug-likeness (QED) is 0.629. The number of benzene rings is 1. The summed E-state index contributed by atoms with van der Waals surface area (Å²) in [6, 6.07) is 4.41. The van der Waals surface area contributed by atoms with E-state index >= 15 is 0 Å². The molecule has 0 radical (unpaired) electrons. The third kappa shape index (κ3) is 4.56. The Hall–Kier alpha value is -2.12. The third-order valence-corrected chi connectivity index (χ3v) is 6.74. The average Bonchev–Trinajstić information content (AvgIpc) is 2.65. The third-order valence-electron chi connectivity index (χ3n) is 6.51. The molecular formula is C21H25ClN2O5. The van der Waals surface area contributed by atoms with Gasteiger partial charge in [-0.25, -0.2) is 4.79 Å². The van der Waals surface area contributed by atoms with Crippen LogP contribution in [0.5, 0.6) is 0 Å². The van der Waals surface area contributed by atoms with Gasteiger partial charge in [-0.2, -0.15) is 0 Å². The average molecular weight is 421 g/mol. The van der Waals surface area contributed by atoms with Crippen molar-refractivity contribution < 1.29 is 24.2 Å². The first-order valence-electron chi connectivity index (χ1n) is 10.1. The monoisotopic (exact) mass is 420 g/mol. The highest BCUT2D eigenvalue weighted by atomic mass is 35.5. The lowest BCUT2D eigenvalue weighted by Crippen LogP contribution is -2.56. The standard InChI is InChI=1S/C21H25ClN2O5/c22-15-1-2-17(16(8-15)21(27)28)23-18(25)9-29-10-19(26)24-20-13-4-11-3-12(6-13)7-14(20)5-11/h1-2,8,11-14,20H,3-7,9-10H2,(H,23,25)(H,24,26)(H,27,28). The Morgan fingerprint density at radius 3 is 2.24 bits per heavy atom. The number of rotatable bonds is 7. The molecule has 3 N–H and O–H groups in total. The molecule has 0 unspecified atom stereocenters. The maximum absolute atomic E-state index is 12.3. The number of hydrogen-bond acceptors (Lipinski definition) is 4. The van der Waals surface area contributed by atoms with Crippen molar-refractivity contribution in [1.29, 1.82) is 0 Å². The van der Waals surface area contributed by atoms with Crippen molar-refractivity contribution >= 4 is 35.1 Å². The number of hydrogen-bond donors (Lipinski definition) is 3. The van der Waals surface area contributed by atoms with Gasteiger partial charge in [0.15, 0.2) is 0 Å². The van der Waals surface area contributed by atoms with Gasteiger partial charge in [-0.15, -0.1) is 0 Å². The van der Waals surface area contributed by atoms with E-state index in [2.05, 4.69) is 10.6 Å². The summed E-state index contributed by atoms with van der Waals surface area (Å²) in [5.74, 6) is 0.919. The first kappa shape index (κ1) is 20.2. The fraction of sp³-hybridized carbons (Fsp3) is 0.571. The van der Waals surface area contributed by atoms with Crippen LogP contribution < -0.4 is 10.6 Å². The number of anilines is 1. The highest BCUT2D eigenvalue weighted by Crippen LogP contribution is 2.53. The minimum absolute atomic E-state index is 0.106. The molecule has 5 rings (SSSR count). The molecule has 1 aromatic rings. The van der Waals surface area contributed by atoms with Crippen LogP contribution in [0.25, 0.3) is 0 Å². The summed E-state index contributed by atoms with van der Waals surface area (Å²) in [6.07, 6.45) is 6.23. The number of ether oxygens (including phenoxy) is 1. The molecule has 8 heteroatoms. The molecule has 29 heavy (non-hydrogen) atoms. The Morgan fingerprint density at radius 1 is 1.00 bits per heavy atom. The van der Waals surface area contributed by atoms with Crippen molar-refractivity contribution in [2.75, 3.05) is 18.5 Å². The molecule has 0 atom stereocenters. The van der Waals surface area contributed by atoms with Gasteiger partial charge in [0, 0.05) is 11.1 Å². The van der Waals surface area contributed by atoms with Gasteiger partial charge in [-0.1, -0.05) is 11.6 Å². The zero-order valence-electron chi connectivity index (χ0n) is 16.0.